The second-order valence-corrected chi connectivity index (χ2v) is 26.6. The Bertz CT molecular complexity index is 3890. The van der Waals surface area contributed by atoms with Gasteiger partial charge in [-0.3, -0.25) is 27.8 Å². The highest BCUT2D eigenvalue weighted by Crippen LogP contribution is 2.40. The van der Waals surface area contributed by atoms with Crippen LogP contribution in [0.4, 0.5) is 23.0 Å². The molecule has 26 heteroatoms. The van der Waals surface area contributed by atoms with Crippen molar-refractivity contribution in [1.82, 2.24) is 39.7 Å². The lowest BCUT2D eigenvalue weighted by Crippen LogP contribution is -2.41. The Hall–Kier alpha value is -6.55. The van der Waals surface area contributed by atoms with Crippen LogP contribution in [0.2, 0.25) is 5.28 Å². The first-order valence-electron chi connectivity index (χ1n) is 28.4. The molecule has 0 unspecified atom stereocenters. The van der Waals surface area contributed by atoms with Crippen molar-refractivity contribution in [3.05, 3.63) is 88.5 Å². The molecule has 438 valence electrons. The highest BCUT2D eigenvalue weighted by Gasteiger charge is 2.52. The number of hydrogen-bond acceptors (Lipinski definition) is 20. The molecule has 0 aliphatic carbocycles. The molecule has 0 saturated carbocycles. The van der Waals surface area contributed by atoms with E-state index in [-0.39, 0.29) is 28.3 Å². The normalized spacial score (nSPS) is 20.2. The Kier molecular flexibility index (Phi) is 15.7. The Balaban J connectivity index is 0.000000124. The van der Waals surface area contributed by atoms with E-state index in [0.717, 1.165) is 125 Å². The van der Waals surface area contributed by atoms with Crippen LogP contribution in [-0.4, -0.2) is 180 Å². The molecule has 7 aliphatic rings. The highest BCUT2D eigenvalue weighted by molar-refractivity contribution is 7.85. The van der Waals surface area contributed by atoms with E-state index >= 15 is 0 Å². The second kappa shape index (κ2) is 23.4. The van der Waals surface area contributed by atoms with Gasteiger partial charge in [-0.25, -0.2) is 24.9 Å². The fourth-order valence-corrected chi connectivity index (χ4v) is 13.9. The van der Waals surface area contributed by atoms with Gasteiger partial charge >= 0.3 is 7.12 Å². The van der Waals surface area contributed by atoms with Crippen molar-refractivity contribution < 1.29 is 45.6 Å². The van der Waals surface area contributed by atoms with Gasteiger partial charge in [-0.15, -0.1) is 0 Å². The molecule has 0 atom stereocenters. The van der Waals surface area contributed by atoms with Crippen LogP contribution in [-0.2, 0) is 75.9 Å². The number of nitrogens with zero attached hydrogens (tertiary/aromatic N) is 10. The third kappa shape index (κ3) is 11.5. The van der Waals surface area contributed by atoms with Gasteiger partial charge in [0, 0.05) is 139 Å². The summed E-state index contributed by atoms with van der Waals surface area (Å²) in [5.41, 5.74) is 10.5. The summed E-state index contributed by atoms with van der Waals surface area (Å²) in [7, 11) is -1.80. The van der Waals surface area contributed by atoms with Crippen molar-refractivity contribution >= 4 is 125 Å². The van der Waals surface area contributed by atoms with Crippen LogP contribution < -0.4 is 25.9 Å². The molecule has 2 N–H and O–H groups in total. The summed E-state index contributed by atoms with van der Waals surface area (Å²) >= 11 is 6.23. The minimum Gasteiger partial charge on any atom is -0.432 e. The van der Waals surface area contributed by atoms with Gasteiger partial charge in [-0.1, -0.05) is 24.3 Å². The number of hydrogen-bond donors (Lipinski definition) is 2. The zero-order valence-corrected chi connectivity index (χ0v) is 49.6. The summed E-state index contributed by atoms with van der Waals surface area (Å²) in [4.78, 5) is 60.5. The average Bonchev–Trinajstić information content (AvgIpc) is 3.43. The molecular formula is C58H64BClN12O10S2. The number of benzene rings is 2. The van der Waals surface area contributed by atoms with Gasteiger partial charge in [0.15, 0.2) is 28.6 Å². The number of morpholine rings is 2. The number of halogens is 1. The lowest BCUT2D eigenvalue weighted by Gasteiger charge is -2.32. The SMILES string of the molecule is CC1(C)OB(c2cccc3c2CC(=O)N3)OC1(C)C.O=C1Cc2c(cccc2-c2nc(N3CCOCC3)c3oc4ncc(CN5CCS(=O)CC5)cc4c3n2)N1.O=S1CCN(Cc2cnc3oc4c(N5CCOCC5)nc(Cl)nc4c3c2)CC1. The molecular weight excluding hydrogens is 1140 g/mol. The molecule has 6 aromatic heterocycles. The summed E-state index contributed by atoms with van der Waals surface area (Å²) < 4.78 is 58.7. The molecule has 2 aromatic carbocycles. The quantitative estimate of drug-likeness (QED) is 0.138. The molecule has 0 spiro atoms. The molecule has 2 amide bonds. The van der Waals surface area contributed by atoms with Crippen LogP contribution in [0.15, 0.2) is 69.8 Å². The van der Waals surface area contributed by atoms with E-state index < -0.39 is 28.7 Å². The maximum atomic E-state index is 12.1. The van der Waals surface area contributed by atoms with Gasteiger partial charge in [-0.2, -0.15) is 4.98 Å². The number of pyridine rings is 2. The number of rotatable bonds is 8. The number of carbonyl (C=O) groups excluding carboxylic acids is 2. The Morgan fingerprint density at radius 2 is 1.08 bits per heavy atom. The van der Waals surface area contributed by atoms with Gasteiger partial charge in [-0.05, 0) is 91.3 Å². The molecule has 84 heavy (non-hydrogen) atoms. The summed E-state index contributed by atoms with van der Waals surface area (Å²) in [6.07, 6.45) is 4.38. The van der Waals surface area contributed by atoms with Crippen LogP contribution in [0, 0.1) is 0 Å². The van der Waals surface area contributed by atoms with Crippen molar-refractivity contribution in [2.75, 3.05) is 122 Å². The Morgan fingerprint density at radius 3 is 1.62 bits per heavy atom. The maximum absolute atomic E-state index is 12.1. The number of amides is 2. The molecule has 13 heterocycles. The number of anilines is 4. The van der Waals surface area contributed by atoms with Crippen molar-refractivity contribution in [3.63, 3.8) is 0 Å². The maximum Gasteiger partial charge on any atom is 0.495 e. The first-order valence-corrected chi connectivity index (χ1v) is 31.8. The first-order chi connectivity index (χ1) is 40.6. The van der Waals surface area contributed by atoms with E-state index in [9.17, 15) is 18.0 Å². The van der Waals surface area contributed by atoms with Crippen molar-refractivity contribution in [3.8, 4) is 11.4 Å². The predicted molar refractivity (Wildman–Crippen MR) is 324 cm³/mol. The lowest BCUT2D eigenvalue weighted by molar-refractivity contribution is -0.115. The van der Waals surface area contributed by atoms with E-state index in [4.69, 9.17) is 49.2 Å². The number of fused-ring (bicyclic) bond motifs is 8. The summed E-state index contributed by atoms with van der Waals surface area (Å²) in [5, 5.41) is 7.65. The second-order valence-electron chi connectivity index (χ2n) is 22.8. The molecule has 7 aliphatic heterocycles. The number of furan rings is 2. The summed E-state index contributed by atoms with van der Waals surface area (Å²) in [6.45, 7) is 18.3. The fraction of sp³-hybridized carbons (Fsp3) is 0.448. The standard InChI is InChI=1S/C26H26N6O4S.C18H20ClN5O3S.C14H18BNO3/c33-21-13-18-17(2-1-3-20(18)28-21)24-29-22-19-12-16(15-31-6-10-37(34)11-7-31)14-27-26(19)36-23(22)25(30-24)32-4-8-35-9-5-32;19-18-21-14-13-9-12(11-23-3-7-28(25)8-4-23)10-20-17(13)27-15(14)16(22-18)24-1-5-26-6-2-24;1-13(2)14(3,4)19-15(18-13)10-6-5-7-11-9(10)8-12(17)16-11/h1-3,12,14H,4-11,13,15H2,(H,28,33);9-10H,1-8,11H2;5-7H,8H2,1-4H3,(H,16,17). The highest BCUT2D eigenvalue weighted by atomic mass is 35.5. The molecule has 0 bridgehead atoms. The number of ether oxygens (including phenoxy) is 2. The molecule has 22 nitrogen and oxygen atoms in total. The fourth-order valence-electron chi connectivity index (χ4n) is 11.5. The topological polar surface area (TPSA) is 246 Å². The van der Waals surface area contributed by atoms with E-state index in [1.807, 2.05) is 76.5 Å². The summed E-state index contributed by atoms with van der Waals surface area (Å²) in [6, 6.07) is 15.8. The van der Waals surface area contributed by atoms with Gasteiger partial charge in [0.2, 0.25) is 28.5 Å². The van der Waals surface area contributed by atoms with Crippen molar-refractivity contribution in [1.29, 1.82) is 0 Å². The smallest absolute Gasteiger partial charge is 0.432 e. The van der Waals surface area contributed by atoms with Crippen molar-refractivity contribution in [2.24, 2.45) is 0 Å². The minimum absolute atomic E-state index is 0.0268. The predicted octanol–water partition coefficient (Wildman–Crippen LogP) is 5.64. The van der Waals surface area contributed by atoms with E-state index in [1.54, 1.807) is 0 Å². The lowest BCUT2D eigenvalue weighted by atomic mass is 9.75. The molecule has 15 rings (SSSR count). The molecule has 8 aromatic rings. The van der Waals surface area contributed by atoms with E-state index in [0.29, 0.717) is 109 Å². The van der Waals surface area contributed by atoms with E-state index in [2.05, 4.69) is 62.3 Å². The third-order valence-corrected chi connectivity index (χ3v) is 19.4. The van der Waals surface area contributed by atoms with Gasteiger partial charge in [0.1, 0.15) is 11.0 Å². The Labute approximate surface area is 494 Å². The number of aromatic nitrogens is 6. The monoisotopic (exact) mass is 1200 g/mol. The molecule has 0 radical (unpaired) electrons. The van der Waals surface area contributed by atoms with Gasteiger partial charge in [0.05, 0.1) is 61.2 Å². The van der Waals surface area contributed by atoms with Crippen LogP contribution in [0.25, 0.3) is 55.8 Å². The third-order valence-electron chi connectivity index (χ3n) is 16.7. The van der Waals surface area contributed by atoms with Gasteiger partial charge < -0.3 is 48.1 Å². The zero-order valence-electron chi connectivity index (χ0n) is 47.2. The van der Waals surface area contributed by atoms with Crippen LogP contribution in [0.3, 0.4) is 0 Å². The number of carbonyl (C=O) groups is 2. The molecule has 5 saturated heterocycles. The zero-order chi connectivity index (χ0) is 57.9. The first kappa shape index (κ1) is 56.6. The number of nitrogens with one attached hydrogen (secondary N) is 2. The molecule has 5 fully saturated rings. The van der Waals surface area contributed by atoms with E-state index in [1.165, 1.54) is 0 Å². The van der Waals surface area contributed by atoms with Crippen LogP contribution in [0.5, 0.6) is 0 Å². The van der Waals surface area contributed by atoms with Crippen LogP contribution in [0.1, 0.15) is 49.9 Å². The van der Waals surface area contributed by atoms with Gasteiger partial charge in [0.25, 0.3) is 0 Å². The van der Waals surface area contributed by atoms with Crippen LogP contribution >= 0.6 is 11.6 Å². The summed E-state index contributed by atoms with van der Waals surface area (Å²) in [5.74, 6) is 4.86. The van der Waals surface area contributed by atoms with Crippen molar-refractivity contribution in [2.45, 2.75) is 64.8 Å². The largest absolute Gasteiger partial charge is 0.495 e. The Morgan fingerprint density at radius 1 is 0.607 bits per heavy atom. The average molecular weight is 1200 g/mol. The minimum atomic E-state index is -0.710.